The molecule has 142 valence electrons. The number of carbonyl (C=O) groups excluding carboxylic acids is 2. The van der Waals surface area contributed by atoms with Gasteiger partial charge < -0.3 is 14.8 Å². The molecule has 0 unspecified atom stereocenters. The zero-order valence-electron chi connectivity index (χ0n) is 15.6. The molecule has 0 bridgehead atoms. The number of esters is 1. The quantitative estimate of drug-likeness (QED) is 0.502. The van der Waals surface area contributed by atoms with E-state index in [1.54, 1.807) is 24.3 Å². The summed E-state index contributed by atoms with van der Waals surface area (Å²) in [5.41, 5.74) is 2.36. The molecule has 1 amide bonds. The first kappa shape index (κ1) is 19.2. The Morgan fingerprint density at radius 3 is 2.43 bits per heavy atom. The van der Waals surface area contributed by atoms with Crippen molar-refractivity contribution < 1.29 is 19.1 Å². The molecule has 5 heteroatoms. The number of benzene rings is 3. The molecule has 0 aliphatic rings. The van der Waals surface area contributed by atoms with Crippen LogP contribution in [0.5, 0.6) is 11.5 Å². The molecule has 0 fully saturated rings. The molecular formula is C23H21NO4. The topological polar surface area (TPSA) is 64.6 Å². The van der Waals surface area contributed by atoms with Gasteiger partial charge in [-0.25, -0.2) is 4.79 Å². The standard InChI is InChI=1S/C23H21NO4/c1-17-8-5-6-13-21(17)27-16-22(25)28-20-12-7-11-19(14-20)23(26)24-15-18-9-3-2-4-10-18/h2-14H,15-16H2,1H3,(H,24,26). The Hall–Kier alpha value is -3.60. The molecule has 0 atom stereocenters. The van der Waals surface area contributed by atoms with Gasteiger partial charge in [-0.05, 0) is 42.3 Å². The van der Waals surface area contributed by atoms with Crippen molar-refractivity contribution in [3.63, 3.8) is 0 Å². The molecule has 28 heavy (non-hydrogen) atoms. The molecule has 3 aromatic rings. The van der Waals surface area contributed by atoms with Crippen LogP contribution in [0.1, 0.15) is 21.5 Å². The van der Waals surface area contributed by atoms with Crippen molar-refractivity contribution >= 4 is 11.9 Å². The number of nitrogens with one attached hydrogen (secondary N) is 1. The maximum absolute atomic E-state index is 12.3. The lowest BCUT2D eigenvalue weighted by Gasteiger charge is -2.10. The molecule has 0 spiro atoms. The third-order valence-corrected chi connectivity index (χ3v) is 4.06. The van der Waals surface area contributed by atoms with E-state index in [4.69, 9.17) is 9.47 Å². The number of ether oxygens (including phenoxy) is 2. The third-order valence-electron chi connectivity index (χ3n) is 4.06. The third kappa shape index (κ3) is 5.45. The molecule has 3 rings (SSSR count). The van der Waals surface area contributed by atoms with Crippen LogP contribution < -0.4 is 14.8 Å². The van der Waals surface area contributed by atoms with Crippen LogP contribution in [-0.2, 0) is 11.3 Å². The normalized spacial score (nSPS) is 10.2. The van der Waals surface area contributed by atoms with E-state index in [0.29, 0.717) is 23.6 Å². The van der Waals surface area contributed by atoms with E-state index in [-0.39, 0.29) is 12.5 Å². The highest BCUT2D eigenvalue weighted by Gasteiger charge is 2.10. The Bertz CT molecular complexity index is 954. The lowest BCUT2D eigenvalue weighted by atomic mass is 10.2. The van der Waals surface area contributed by atoms with Crippen molar-refractivity contribution in [2.75, 3.05) is 6.61 Å². The van der Waals surface area contributed by atoms with E-state index >= 15 is 0 Å². The second-order valence-electron chi connectivity index (χ2n) is 6.22. The maximum Gasteiger partial charge on any atom is 0.349 e. The Morgan fingerprint density at radius 2 is 1.64 bits per heavy atom. The SMILES string of the molecule is Cc1ccccc1OCC(=O)Oc1cccc(C(=O)NCc2ccccc2)c1. The van der Waals surface area contributed by atoms with Crippen molar-refractivity contribution in [1.82, 2.24) is 5.32 Å². The molecule has 1 N–H and O–H groups in total. The lowest BCUT2D eigenvalue weighted by Crippen LogP contribution is -2.23. The van der Waals surface area contributed by atoms with Gasteiger partial charge in [0, 0.05) is 12.1 Å². The van der Waals surface area contributed by atoms with Gasteiger partial charge >= 0.3 is 5.97 Å². The summed E-state index contributed by atoms with van der Waals surface area (Å²) in [5.74, 6) is 0.155. The highest BCUT2D eigenvalue weighted by molar-refractivity contribution is 5.94. The second-order valence-corrected chi connectivity index (χ2v) is 6.22. The Balaban J connectivity index is 1.54. The molecular weight excluding hydrogens is 354 g/mol. The average molecular weight is 375 g/mol. The predicted octanol–water partition coefficient (Wildman–Crippen LogP) is 3.91. The van der Waals surface area contributed by atoms with Crippen LogP contribution >= 0.6 is 0 Å². The Morgan fingerprint density at radius 1 is 0.893 bits per heavy atom. The molecule has 0 heterocycles. The van der Waals surface area contributed by atoms with Crippen LogP contribution in [0.4, 0.5) is 0 Å². The smallest absolute Gasteiger partial charge is 0.349 e. The van der Waals surface area contributed by atoms with Gasteiger partial charge in [0.15, 0.2) is 6.61 Å². The first-order chi connectivity index (χ1) is 13.6. The van der Waals surface area contributed by atoms with E-state index in [0.717, 1.165) is 11.1 Å². The van der Waals surface area contributed by atoms with Gasteiger partial charge in [-0.2, -0.15) is 0 Å². The summed E-state index contributed by atoms with van der Waals surface area (Å²) >= 11 is 0. The van der Waals surface area contributed by atoms with E-state index in [1.807, 2.05) is 55.5 Å². The van der Waals surface area contributed by atoms with Crippen molar-refractivity contribution in [2.24, 2.45) is 0 Å². The minimum absolute atomic E-state index is 0.213. The van der Waals surface area contributed by atoms with E-state index in [1.165, 1.54) is 6.07 Å². The van der Waals surface area contributed by atoms with Crippen molar-refractivity contribution in [2.45, 2.75) is 13.5 Å². The predicted molar refractivity (Wildman–Crippen MR) is 106 cm³/mol. The number of hydrogen-bond acceptors (Lipinski definition) is 4. The van der Waals surface area contributed by atoms with Gasteiger partial charge in [-0.15, -0.1) is 0 Å². The number of carbonyl (C=O) groups is 2. The first-order valence-corrected chi connectivity index (χ1v) is 8.93. The highest BCUT2D eigenvalue weighted by Crippen LogP contribution is 2.17. The van der Waals surface area contributed by atoms with Gasteiger partial charge in [0.2, 0.25) is 0 Å². The molecule has 0 aromatic heterocycles. The first-order valence-electron chi connectivity index (χ1n) is 8.93. The highest BCUT2D eigenvalue weighted by atomic mass is 16.6. The van der Waals surface area contributed by atoms with Gasteiger partial charge in [0.1, 0.15) is 11.5 Å². The zero-order chi connectivity index (χ0) is 19.8. The van der Waals surface area contributed by atoms with Gasteiger partial charge in [0.05, 0.1) is 0 Å². The van der Waals surface area contributed by atoms with Crippen LogP contribution in [0.15, 0.2) is 78.9 Å². The Kier molecular flexibility index (Phi) is 6.41. The number of para-hydroxylation sites is 1. The minimum atomic E-state index is -0.537. The summed E-state index contributed by atoms with van der Waals surface area (Å²) in [4.78, 5) is 24.4. The summed E-state index contributed by atoms with van der Waals surface area (Å²) in [6.45, 7) is 2.11. The molecule has 0 saturated heterocycles. The van der Waals surface area contributed by atoms with Crippen LogP contribution in [0, 0.1) is 6.92 Å². The molecule has 5 nitrogen and oxygen atoms in total. The van der Waals surface area contributed by atoms with Crippen molar-refractivity contribution in [1.29, 1.82) is 0 Å². The van der Waals surface area contributed by atoms with Crippen molar-refractivity contribution in [3.8, 4) is 11.5 Å². The fourth-order valence-corrected chi connectivity index (χ4v) is 2.60. The average Bonchev–Trinajstić information content (AvgIpc) is 2.72. The van der Waals surface area contributed by atoms with Crippen LogP contribution in [0.2, 0.25) is 0 Å². The van der Waals surface area contributed by atoms with Gasteiger partial charge in [-0.3, -0.25) is 4.79 Å². The largest absolute Gasteiger partial charge is 0.482 e. The second kappa shape index (κ2) is 9.37. The molecule has 0 aliphatic carbocycles. The summed E-state index contributed by atoms with van der Waals surface area (Å²) in [6, 6.07) is 23.6. The van der Waals surface area contributed by atoms with E-state index in [2.05, 4.69) is 5.32 Å². The summed E-state index contributed by atoms with van der Waals surface area (Å²) < 4.78 is 10.8. The summed E-state index contributed by atoms with van der Waals surface area (Å²) in [5, 5.41) is 2.84. The fourth-order valence-electron chi connectivity index (χ4n) is 2.60. The number of rotatable bonds is 7. The summed E-state index contributed by atoms with van der Waals surface area (Å²) in [7, 11) is 0. The summed E-state index contributed by atoms with van der Waals surface area (Å²) in [6.07, 6.45) is 0. The number of aryl methyl sites for hydroxylation is 1. The van der Waals surface area contributed by atoms with E-state index in [9.17, 15) is 9.59 Å². The van der Waals surface area contributed by atoms with Crippen LogP contribution in [0.25, 0.3) is 0 Å². The minimum Gasteiger partial charge on any atom is -0.482 e. The van der Waals surface area contributed by atoms with E-state index < -0.39 is 5.97 Å². The molecule has 0 aliphatic heterocycles. The van der Waals surface area contributed by atoms with Gasteiger partial charge in [-0.1, -0.05) is 54.6 Å². The van der Waals surface area contributed by atoms with Crippen molar-refractivity contribution in [3.05, 3.63) is 95.6 Å². The molecule has 3 aromatic carbocycles. The monoisotopic (exact) mass is 375 g/mol. The maximum atomic E-state index is 12.3. The lowest BCUT2D eigenvalue weighted by molar-refractivity contribution is -0.136. The number of amides is 1. The van der Waals surface area contributed by atoms with Crippen LogP contribution in [0.3, 0.4) is 0 Å². The molecule has 0 radical (unpaired) electrons. The zero-order valence-corrected chi connectivity index (χ0v) is 15.6. The Labute approximate surface area is 163 Å². The number of hydrogen-bond donors (Lipinski definition) is 1. The fraction of sp³-hybridized carbons (Fsp3) is 0.130. The van der Waals surface area contributed by atoms with Crippen LogP contribution in [-0.4, -0.2) is 18.5 Å². The molecule has 0 saturated carbocycles. The van der Waals surface area contributed by atoms with Gasteiger partial charge in [0.25, 0.3) is 5.91 Å².